The van der Waals surface area contributed by atoms with E-state index in [2.05, 4.69) is 15.2 Å². The molecule has 138 valence electrons. The second-order valence-corrected chi connectivity index (χ2v) is 6.79. The Kier molecular flexibility index (Phi) is 5.85. The number of piperidine rings is 1. The maximum atomic E-state index is 12.4. The average Bonchev–Trinajstić information content (AvgIpc) is 2.68. The number of hydrogen-bond donors (Lipinski definition) is 3. The van der Waals surface area contributed by atoms with Gasteiger partial charge in [0.05, 0.1) is 6.10 Å². The number of aliphatic hydroxyl groups excluding tert-OH is 1. The van der Waals surface area contributed by atoms with Crippen LogP contribution in [0.25, 0.3) is 0 Å². The smallest absolute Gasteiger partial charge is 0.228 e. The summed E-state index contributed by atoms with van der Waals surface area (Å²) in [5.41, 5.74) is 0.783. The van der Waals surface area contributed by atoms with Crippen LogP contribution >= 0.6 is 0 Å². The van der Waals surface area contributed by atoms with Gasteiger partial charge in [-0.1, -0.05) is 18.2 Å². The second-order valence-electron chi connectivity index (χ2n) is 6.79. The van der Waals surface area contributed by atoms with Crippen molar-refractivity contribution < 1.29 is 15.0 Å². The zero-order valence-electron chi connectivity index (χ0n) is 14.9. The Hall–Kier alpha value is -2.44. The van der Waals surface area contributed by atoms with E-state index in [1.165, 1.54) is 0 Å². The fourth-order valence-corrected chi connectivity index (χ4v) is 3.38. The monoisotopic (exact) mass is 355 g/mol. The van der Waals surface area contributed by atoms with Crippen LogP contribution in [0.1, 0.15) is 31.4 Å². The first-order valence-corrected chi connectivity index (χ1v) is 8.97. The molecular formula is C20H25N3O3. The molecule has 6 nitrogen and oxygen atoms in total. The van der Waals surface area contributed by atoms with Gasteiger partial charge < -0.3 is 15.5 Å². The van der Waals surface area contributed by atoms with Gasteiger partial charge in [0.25, 0.3) is 0 Å². The zero-order valence-corrected chi connectivity index (χ0v) is 14.9. The number of benzene rings is 1. The minimum atomic E-state index is -0.630. The SMILES string of the molecule is CC(C(O)c1ccc(O)cc1)N1CCC(C(=O)Nc2ccccn2)CC1. The molecule has 2 atom stereocenters. The minimum Gasteiger partial charge on any atom is -0.508 e. The van der Waals surface area contributed by atoms with Gasteiger partial charge in [0.2, 0.25) is 5.91 Å². The number of anilines is 1. The number of phenols is 1. The van der Waals surface area contributed by atoms with E-state index in [1.807, 2.05) is 19.1 Å². The topological polar surface area (TPSA) is 85.7 Å². The van der Waals surface area contributed by atoms with Crippen molar-refractivity contribution in [3.05, 3.63) is 54.2 Å². The van der Waals surface area contributed by atoms with E-state index in [4.69, 9.17) is 0 Å². The summed E-state index contributed by atoms with van der Waals surface area (Å²) in [6, 6.07) is 12.0. The number of pyridine rings is 1. The first-order valence-electron chi connectivity index (χ1n) is 8.97. The number of phenolic OH excluding ortho intramolecular Hbond substituents is 1. The van der Waals surface area contributed by atoms with Gasteiger partial charge in [-0.05, 0) is 62.7 Å². The first kappa shape index (κ1) is 18.4. The normalized spacial score (nSPS) is 18.2. The highest BCUT2D eigenvalue weighted by Gasteiger charge is 2.30. The maximum absolute atomic E-state index is 12.4. The van der Waals surface area contributed by atoms with Crippen LogP contribution in [-0.4, -0.2) is 45.1 Å². The quantitative estimate of drug-likeness (QED) is 0.767. The zero-order chi connectivity index (χ0) is 18.5. The molecule has 26 heavy (non-hydrogen) atoms. The lowest BCUT2D eigenvalue weighted by molar-refractivity contribution is -0.121. The fraction of sp³-hybridized carbons (Fsp3) is 0.400. The highest BCUT2D eigenvalue weighted by molar-refractivity contribution is 5.91. The van der Waals surface area contributed by atoms with E-state index >= 15 is 0 Å². The summed E-state index contributed by atoms with van der Waals surface area (Å²) in [5.74, 6) is 0.741. The summed E-state index contributed by atoms with van der Waals surface area (Å²) in [7, 11) is 0. The molecular weight excluding hydrogens is 330 g/mol. The number of likely N-dealkylation sites (tertiary alicyclic amines) is 1. The van der Waals surface area contributed by atoms with Gasteiger partial charge in [-0.25, -0.2) is 4.98 Å². The Morgan fingerprint density at radius 3 is 2.50 bits per heavy atom. The summed E-state index contributed by atoms with van der Waals surface area (Å²) in [6.45, 7) is 3.51. The van der Waals surface area contributed by atoms with Crippen LogP contribution in [0.15, 0.2) is 48.7 Å². The van der Waals surface area contributed by atoms with Gasteiger partial charge in [0.15, 0.2) is 0 Å². The van der Waals surface area contributed by atoms with Gasteiger partial charge in [-0.15, -0.1) is 0 Å². The molecule has 0 radical (unpaired) electrons. The summed E-state index contributed by atoms with van der Waals surface area (Å²) in [5, 5.41) is 22.8. The first-order chi connectivity index (χ1) is 12.5. The molecule has 1 amide bonds. The van der Waals surface area contributed by atoms with E-state index in [1.54, 1.807) is 36.5 Å². The summed E-state index contributed by atoms with van der Waals surface area (Å²) in [6.07, 6.45) is 2.54. The van der Waals surface area contributed by atoms with Crippen molar-refractivity contribution >= 4 is 11.7 Å². The Morgan fingerprint density at radius 1 is 1.19 bits per heavy atom. The van der Waals surface area contributed by atoms with Crippen LogP contribution in [-0.2, 0) is 4.79 Å². The van der Waals surface area contributed by atoms with Crippen LogP contribution in [0.5, 0.6) is 5.75 Å². The third-order valence-electron chi connectivity index (χ3n) is 5.08. The van der Waals surface area contributed by atoms with Crippen molar-refractivity contribution in [1.82, 2.24) is 9.88 Å². The molecule has 2 heterocycles. The molecule has 2 aromatic rings. The molecule has 1 aromatic carbocycles. The van der Waals surface area contributed by atoms with Gasteiger partial charge in [0.1, 0.15) is 11.6 Å². The number of carbonyl (C=O) groups is 1. The lowest BCUT2D eigenvalue weighted by atomic mass is 9.93. The highest BCUT2D eigenvalue weighted by Crippen LogP contribution is 2.27. The molecule has 1 aliphatic heterocycles. The molecule has 0 spiro atoms. The van der Waals surface area contributed by atoms with Crippen molar-refractivity contribution in [2.45, 2.75) is 31.9 Å². The standard InChI is InChI=1S/C20H25N3O3/c1-14(19(25)15-5-7-17(24)8-6-15)23-12-9-16(10-13-23)20(26)22-18-4-2-3-11-21-18/h2-8,11,14,16,19,24-25H,9-10,12-13H2,1H3,(H,21,22,26). The fourth-order valence-electron chi connectivity index (χ4n) is 3.38. The van der Waals surface area contributed by atoms with Crippen LogP contribution in [0.2, 0.25) is 0 Å². The Balaban J connectivity index is 1.52. The van der Waals surface area contributed by atoms with Gasteiger partial charge in [0, 0.05) is 18.2 Å². The number of rotatable bonds is 5. The van der Waals surface area contributed by atoms with Crippen molar-refractivity contribution in [2.24, 2.45) is 5.92 Å². The third kappa shape index (κ3) is 4.39. The van der Waals surface area contributed by atoms with E-state index < -0.39 is 6.10 Å². The molecule has 0 aliphatic carbocycles. The second kappa shape index (κ2) is 8.29. The van der Waals surface area contributed by atoms with E-state index in [9.17, 15) is 15.0 Å². The minimum absolute atomic E-state index is 0.00934. The molecule has 6 heteroatoms. The van der Waals surface area contributed by atoms with Gasteiger partial charge in [-0.3, -0.25) is 9.69 Å². The van der Waals surface area contributed by atoms with Gasteiger partial charge in [-0.2, -0.15) is 0 Å². The van der Waals surface area contributed by atoms with Gasteiger partial charge >= 0.3 is 0 Å². The number of nitrogens with one attached hydrogen (secondary N) is 1. The average molecular weight is 355 g/mol. The number of carbonyl (C=O) groups excluding carboxylic acids is 1. The van der Waals surface area contributed by atoms with E-state index in [0.717, 1.165) is 31.5 Å². The molecule has 2 unspecified atom stereocenters. The molecule has 0 bridgehead atoms. The summed E-state index contributed by atoms with van der Waals surface area (Å²) >= 11 is 0. The Labute approximate surface area is 153 Å². The predicted octanol–water partition coefficient (Wildman–Crippen LogP) is 2.56. The van der Waals surface area contributed by atoms with Crippen LogP contribution < -0.4 is 5.32 Å². The number of aliphatic hydroxyl groups is 1. The van der Waals surface area contributed by atoms with E-state index in [-0.39, 0.29) is 23.6 Å². The number of aromatic hydroxyl groups is 1. The van der Waals surface area contributed by atoms with E-state index in [0.29, 0.717) is 5.82 Å². The summed E-state index contributed by atoms with van der Waals surface area (Å²) in [4.78, 5) is 18.7. The van der Waals surface area contributed by atoms with Crippen LogP contribution in [0.3, 0.4) is 0 Å². The van der Waals surface area contributed by atoms with Crippen molar-refractivity contribution in [1.29, 1.82) is 0 Å². The number of nitrogens with zero attached hydrogens (tertiary/aromatic N) is 2. The third-order valence-corrected chi connectivity index (χ3v) is 5.08. The molecule has 0 saturated carbocycles. The van der Waals surface area contributed by atoms with Crippen LogP contribution in [0, 0.1) is 5.92 Å². The molecule has 1 aliphatic rings. The summed E-state index contributed by atoms with van der Waals surface area (Å²) < 4.78 is 0. The molecule has 3 rings (SSSR count). The lowest BCUT2D eigenvalue weighted by Gasteiger charge is -2.37. The number of hydrogen-bond acceptors (Lipinski definition) is 5. The lowest BCUT2D eigenvalue weighted by Crippen LogP contribution is -2.44. The van der Waals surface area contributed by atoms with Crippen molar-refractivity contribution in [3.63, 3.8) is 0 Å². The Morgan fingerprint density at radius 2 is 1.88 bits per heavy atom. The number of amides is 1. The molecule has 1 aromatic heterocycles. The van der Waals surface area contributed by atoms with Crippen molar-refractivity contribution in [2.75, 3.05) is 18.4 Å². The maximum Gasteiger partial charge on any atom is 0.228 e. The van der Waals surface area contributed by atoms with Crippen molar-refractivity contribution in [3.8, 4) is 5.75 Å². The largest absolute Gasteiger partial charge is 0.508 e. The molecule has 3 N–H and O–H groups in total. The molecule has 1 fully saturated rings. The number of aromatic nitrogens is 1. The highest BCUT2D eigenvalue weighted by atomic mass is 16.3. The molecule has 1 saturated heterocycles. The Bertz CT molecular complexity index is 713. The van der Waals surface area contributed by atoms with Crippen LogP contribution in [0.4, 0.5) is 5.82 Å². The predicted molar refractivity (Wildman–Crippen MR) is 99.7 cm³/mol.